The van der Waals surface area contributed by atoms with Crippen molar-refractivity contribution in [3.8, 4) is 0 Å². The van der Waals surface area contributed by atoms with Crippen LogP contribution in [0.2, 0.25) is 0 Å². The molecule has 0 spiro atoms. The number of ether oxygens (including phenoxy) is 1. The molecule has 2 aromatic rings. The van der Waals surface area contributed by atoms with Crippen molar-refractivity contribution in [2.45, 2.75) is 12.6 Å². The lowest BCUT2D eigenvalue weighted by molar-refractivity contribution is -0.0317. The highest BCUT2D eigenvalue weighted by atomic mass is 16.5. The highest BCUT2D eigenvalue weighted by Gasteiger charge is 2.22. The van der Waals surface area contributed by atoms with Crippen molar-refractivity contribution in [2.75, 3.05) is 26.4 Å². The Morgan fingerprint density at radius 1 is 1.45 bits per heavy atom. The highest BCUT2D eigenvalue weighted by Crippen LogP contribution is 2.10. The van der Waals surface area contributed by atoms with Gasteiger partial charge in [0.1, 0.15) is 5.65 Å². The maximum atomic E-state index is 12.0. The molecule has 0 bridgehead atoms. The zero-order valence-electron chi connectivity index (χ0n) is 11.1. The van der Waals surface area contributed by atoms with E-state index in [1.54, 1.807) is 18.3 Å². The largest absolute Gasteiger partial charge is 0.395 e. The average molecular weight is 275 g/mol. The van der Waals surface area contributed by atoms with Gasteiger partial charge in [0.05, 0.1) is 31.6 Å². The summed E-state index contributed by atoms with van der Waals surface area (Å²) < 4.78 is 6.87. The van der Waals surface area contributed by atoms with E-state index in [4.69, 9.17) is 4.74 Å². The normalized spacial score (nSPS) is 20.4. The number of aliphatic hydroxyl groups is 1. The molecule has 1 fully saturated rings. The van der Waals surface area contributed by atoms with E-state index in [1.807, 2.05) is 12.1 Å². The molecule has 3 heterocycles. The number of morpholine rings is 1. The van der Waals surface area contributed by atoms with E-state index in [0.717, 1.165) is 12.2 Å². The molecule has 0 aliphatic carbocycles. The quantitative estimate of drug-likeness (QED) is 0.846. The highest BCUT2D eigenvalue weighted by molar-refractivity contribution is 5.37. The molecular formula is C14H17N3O3. The molecular weight excluding hydrogens is 258 g/mol. The van der Waals surface area contributed by atoms with Crippen molar-refractivity contribution in [2.24, 2.45) is 0 Å². The van der Waals surface area contributed by atoms with Crippen LogP contribution >= 0.6 is 0 Å². The van der Waals surface area contributed by atoms with Crippen LogP contribution in [0.25, 0.3) is 5.65 Å². The van der Waals surface area contributed by atoms with Crippen LogP contribution in [-0.2, 0) is 11.3 Å². The third kappa shape index (κ3) is 2.58. The van der Waals surface area contributed by atoms with Crippen molar-refractivity contribution in [1.82, 2.24) is 14.3 Å². The SMILES string of the molecule is O=c1cc(CN2CCOCC2CO)nc2ccccn12. The Morgan fingerprint density at radius 3 is 3.20 bits per heavy atom. The summed E-state index contributed by atoms with van der Waals surface area (Å²) in [5.41, 5.74) is 1.28. The second-order valence-corrected chi connectivity index (χ2v) is 4.90. The van der Waals surface area contributed by atoms with E-state index in [1.165, 1.54) is 4.40 Å². The van der Waals surface area contributed by atoms with Gasteiger partial charge in [0.25, 0.3) is 5.56 Å². The molecule has 0 radical (unpaired) electrons. The summed E-state index contributed by atoms with van der Waals surface area (Å²) >= 11 is 0. The fourth-order valence-corrected chi connectivity index (χ4v) is 2.46. The molecule has 6 heteroatoms. The molecule has 1 atom stereocenters. The Labute approximate surface area is 116 Å². The van der Waals surface area contributed by atoms with Crippen molar-refractivity contribution in [3.63, 3.8) is 0 Å². The Morgan fingerprint density at radius 2 is 2.35 bits per heavy atom. The summed E-state index contributed by atoms with van der Waals surface area (Å²) in [6, 6.07) is 7.00. The Balaban J connectivity index is 1.88. The fraction of sp³-hybridized carbons (Fsp3) is 0.429. The first-order valence-electron chi connectivity index (χ1n) is 6.68. The summed E-state index contributed by atoms with van der Waals surface area (Å²) in [5, 5.41) is 9.36. The van der Waals surface area contributed by atoms with Crippen LogP contribution in [0.5, 0.6) is 0 Å². The molecule has 20 heavy (non-hydrogen) atoms. The lowest BCUT2D eigenvalue weighted by Gasteiger charge is -2.34. The van der Waals surface area contributed by atoms with Gasteiger partial charge in [0, 0.05) is 25.4 Å². The van der Waals surface area contributed by atoms with E-state index in [2.05, 4.69) is 9.88 Å². The van der Waals surface area contributed by atoms with E-state index >= 15 is 0 Å². The molecule has 2 aromatic heterocycles. The first-order valence-corrected chi connectivity index (χ1v) is 6.68. The van der Waals surface area contributed by atoms with Crippen LogP contribution in [0.15, 0.2) is 35.3 Å². The maximum absolute atomic E-state index is 12.0. The standard InChI is InChI=1S/C14H17N3O3/c18-9-12-10-20-6-5-16(12)8-11-7-14(19)17-4-2-1-3-13(17)15-11/h1-4,7,12,18H,5-6,8-10H2. The van der Waals surface area contributed by atoms with E-state index in [0.29, 0.717) is 25.4 Å². The van der Waals surface area contributed by atoms with Gasteiger partial charge in [0.2, 0.25) is 0 Å². The van der Waals surface area contributed by atoms with Gasteiger partial charge < -0.3 is 9.84 Å². The Hall–Kier alpha value is -1.76. The first-order chi connectivity index (χ1) is 9.78. The summed E-state index contributed by atoms with van der Waals surface area (Å²) in [7, 11) is 0. The fourth-order valence-electron chi connectivity index (χ4n) is 2.46. The predicted octanol–water partition coefficient (Wildman–Crippen LogP) is -0.112. The number of fused-ring (bicyclic) bond motifs is 1. The minimum absolute atomic E-state index is 0.0280. The number of aromatic nitrogens is 2. The van der Waals surface area contributed by atoms with Gasteiger partial charge in [-0.25, -0.2) is 4.98 Å². The Bertz CT molecular complexity index is 655. The summed E-state index contributed by atoms with van der Waals surface area (Å²) in [5.74, 6) is 0. The van der Waals surface area contributed by atoms with Crippen molar-refractivity contribution < 1.29 is 9.84 Å². The molecule has 106 valence electrons. The van der Waals surface area contributed by atoms with Gasteiger partial charge in [-0.05, 0) is 12.1 Å². The molecule has 1 aliphatic heterocycles. The average Bonchev–Trinajstić information content (AvgIpc) is 2.48. The summed E-state index contributed by atoms with van der Waals surface area (Å²) in [6.07, 6.45) is 1.71. The molecule has 6 nitrogen and oxygen atoms in total. The lowest BCUT2D eigenvalue weighted by atomic mass is 10.2. The maximum Gasteiger partial charge on any atom is 0.258 e. The minimum atomic E-state index is -0.0839. The molecule has 0 aromatic carbocycles. The zero-order chi connectivity index (χ0) is 13.9. The second-order valence-electron chi connectivity index (χ2n) is 4.90. The molecule has 0 amide bonds. The van der Waals surface area contributed by atoms with Gasteiger partial charge >= 0.3 is 0 Å². The number of rotatable bonds is 3. The predicted molar refractivity (Wildman–Crippen MR) is 73.6 cm³/mol. The topological polar surface area (TPSA) is 67.1 Å². The molecule has 3 rings (SSSR count). The number of pyridine rings is 1. The van der Waals surface area contributed by atoms with Gasteiger partial charge in [-0.3, -0.25) is 14.1 Å². The second kappa shape index (κ2) is 5.70. The van der Waals surface area contributed by atoms with E-state index in [-0.39, 0.29) is 18.2 Å². The van der Waals surface area contributed by atoms with Crippen LogP contribution in [0, 0.1) is 0 Å². The van der Waals surface area contributed by atoms with E-state index in [9.17, 15) is 9.90 Å². The Kier molecular flexibility index (Phi) is 3.77. The van der Waals surface area contributed by atoms with Crippen LogP contribution in [0.1, 0.15) is 5.69 Å². The zero-order valence-corrected chi connectivity index (χ0v) is 11.1. The number of hydrogen-bond acceptors (Lipinski definition) is 5. The van der Waals surface area contributed by atoms with Crippen LogP contribution in [-0.4, -0.2) is 51.8 Å². The molecule has 1 aliphatic rings. The monoisotopic (exact) mass is 275 g/mol. The minimum Gasteiger partial charge on any atom is -0.395 e. The van der Waals surface area contributed by atoms with Crippen LogP contribution < -0.4 is 5.56 Å². The van der Waals surface area contributed by atoms with Crippen molar-refractivity contribution in [1.29, 1.82) is 0 Å². The lowest BCUT2D eigenvalue weighted by Crippen LogP contribution is -2.47. The molecule has 1 unspecified atom stereocenters. The van der Waals surface area contributed by atoms with Gasteiger partial charge in [0.15, 0.2) is 0 Å². The van der Waals surface area contributed by atoms with Gasteiger partial charge in [-0.15, -0.1) is 0 Å². The summed E-state index contributed by atoms with van der Waals surface area (Å²) in [4.78, 5) is 18.6. The molecule has 0 saturated carbocycles. The first kappa shape index (κ1) is 13.2. The molecule has 1 N–H and O–H groups in total. The number of aliphatic hydroxyl groups excluding tert-OH is 1. The smallest absolute Gasteiger partial charge is 0.258 e. The number of hydrogen-bond donors (Lipinski definition) is 1. The van der Waals surface area contributed by atoms with Crippen molar-refractivity contribution in [3.05, 3.63) is 46.5 Å². The van der Waals surface area contributed by atoms with Crippen molar-refractivity contribution >= 4 is 5.65 Å². The van der Waals surface area contributed by atoms with Gasteiger partial charge in [-0.1, -0.05) is 6.07 Å². The molecule has 1 saturated heterocycles. The van der Waals surface area contributed by atoms with Crippen LogP contribution in [0.3, 0.4) is 0 Å². The van der Waals surface area contributed by atoms with E-state index < -0.39 is 0 Å². The summed E-state index contributed by atoms with van der Waals surface area (Å²) in [6.45, 7) is 2.50. The third-order valence-corrected chi connectivity index (χ3v) is 3.55. The number of nitrogens with zero attached hydrogens (tertiary/aromatic N) is 3. The van der Waals surface area contributed by atoms with Gasteiger partial charge in [-0.2, -0.15) is 0 Å². The third-order valence-electron chi connectivity index (χ3n) is 3.55. The van der Waals surface area contributed by atoms with Crippen LogP contribution in [0.4, 0.5) is 0 Å².